The lowest BCUT2D eigenvalue weighted by Gasteiger charge is -2.26. The highest BCUT2D eigenvalue weighted by atomic mass is 35.5. The van der Waals surface area contributed by atoms with Gasteiger partial charge in [-0.1, -0.05) is 35.7 Å². The van der Waals surface area contributed by atoms with Gasteiger partial charge >= 0.3 is 0 Å². The third kappa shape index (κ3) is 5.14. The van der Waals surface area contributed by atoms with E-state index in [0.29, 0.717) is 27.3 Å². The van der Waals surface area contributed by atoms with Crippen LogP contribution in [0.3, 0.4) is 0 Å². The summed E-state index contributed by atoms with van der Waals surface area (Å²) in [5.41, 5.74) is 0.812. The molecule has 0 spiro atoms. The molecule has 0 radical (unpaired) electrons. The molecule has 0 saturated carbocycles. The Bertz CT molecular complexity index is 985. The van der Waals surface area contributed by atoms with Crippen molar-refractivity contribution in [2.45, 2.75) is 42.9 Å². The summed E-state index contributed by atoms with van der Waals surface area (Å²) in [5.74, 6) is -0.104. The maximum Gasteiger partial charge on any atom is 0.252 e. The second kappa shape index (κ2) is 9.35. The maximum absolute atomic E-state index is 12.8. The molecule has 1 aliphatic rings. The van der Waals surface area contributed by atoms with Crippen LogP contribution in [0.2, 0.25) is 10.0 Å². The molecule has 9 heteroatoms. The molecule has 1 saturated heterocycles. The molecule has 1 amide bonds. The zero-order valence-corrected chi connectivity index (χ0v) is 19.5. The molecule has 2 aromatic rings. The molecule has 1 unspecified atom stereocenters. The van der Waals surface area contributed by atoms with Crippen molar-refractivity contribution >= 4 is 50.5 Å². The highest BCUT2D eigenvalue weighted by Gasteiger charge is 2.28. The van der Waals surface area contributed by atoms with E-state index in [-0.39, 0.29) is 18.4 Å². The topological polar surface area (TPSA) is 57.7 Å². The van der Waals surface area contributed by atoms with E-state index >= 15 is 0 Å². The van der Waals surface area contributed by atoms with Crippen molar-refractivity contribution in [3.05, 3.63) is 50.8 Å². The van der Waals surface area contributed by atoms with E-state index in [1.165, 1.54) is 11.3 Å². The standard InChI is InChI=1S/C20H24Cl2N2O3S2/c1-14(17-8-6-15(21)12-18(17)22)23(2)19(25)13-16-7-9-20(28-16)29(26,27)24-10-4-3-5-11-24/h6-9,12,14H,3-5,10-11,13H2,1-2H3. The molecule has 0 bridgehead atoms. The van der Waals surface area contributed by atoms with E-state index < -0.39 is 10.0 Å². The van der Waals surface area contributed by atoms with Crippen LogP contribution in [-0.2, 0) is 21.2 Å². The first-order valence-electron chi connectivity index (χ1n) is 9.49. The third-order valence-corrected chi connectivity index (χ3v) is 9.27. The number of sulfonamides is 1. The number of amides is 1. The van der Waals surface area contributed by atoms with Crippen molar-refractivity contribution in [3.63, 3.8) is 0 Å². The minimum absolute atomic E-state index is 0.104. The van der Waals surface area contributed by atoms with E-state index in [4.69, 9.17) is 23.2 Å². The quantitative estimate of drug-likeness (QED) is 0.592. The zero-order chi connectivity index (χ0) is 21.2. The largest absolute Gasteiger partial charge is 0.339 e. The number of hydrogen-bond acceptors (Lipinski definition) is 4. The van der Waals surface area contributed by atoms with Crippen LogP contribution in [0, 0.1) is 0 Å². The Morgan fingerprint density at radius 3 is 2.52 bits per heavy atom. The first-order valence-corrected chi connectivity index (χ1v) is 12.5. The molecule has 1 aromatic heterocycles. The molecular formula is C20H24Cl2N2O3S2. The van der Waals surface area contributed by atoms with Gasteiger partial charge in [-0.3, -0.25) is 4.79 Å². The number of nitrogens with zero attached hydrogens (tertiary/aromatic N) is 2. The summed E-state index contributed by atoms with van der Waals surface area (Å²) in [4.78, 5) is 15.1. The molecule has 1 fully saturated rings. The van der Waals surface area contributed by atoms with Gasteiger partial charge in [0.2, 0.25) is 5.91 Å². The van der Waals surface area contributed by atoms with E-state index in [2.05, 4.69) is 0 Å². The highest BCUT2D eigenvalue weighted by Crippen LogP contribution is 2.31. The van der Waals surface area contributed by atoms with Crippen LogP contribution in [0.25, 0.3) is 0 Å². The smallest absolute Gasteiger partial charge is 0.252 e. The lowest BCUT2D eigenvalue weighted by molar-refractivity contribution is -0.131. The fraction of sp³-hybridized carbons (Fsp3) is 0.450. The Kier molecular flexibility index (Phi) is 7.27. The van der Waals surface area contributed by atoms with Crippen molar-refractivity contribution in [2.24, 2.45) is 0 Å². The van der Waals surface area contributed by atoms with Gasteiger partial charge in [0.25, 0.3) is 10.0 Å². The van der Waals surface area contributed by atoms with Gasteiger partial charge in [0, 0.05) is 35.1 Å². The first kappa shape index (κ1) is 22.6. The van der Waals surface area contributed by atoms with Crippen molar-refractivity contribution in [1.82, 2.24) is 9.21 Å². The van der Waals surface area contributed by atoms with E-state index in [0.717, 1.165) is 29.7 Å². The molecular weight excluding hydrogens is 451 g/mol. The average molecular weight is 475 g/mol. The fourth-order valence-electron chi connectivity index (χ4n) is 3.36. The summed E-state index contributed by atoms with van der Waals surface area (Å²) in [7, 11) is -1.75. The molecule has 3 rings (SSSR count). The number of carbonyl (C=O) groups excluding carboxylic acids is 1. The van der Waals surface area contributed by atoms with Crippen LogP contribution in [0.4, 0.5) is 0 Å². The number of hydrogen-bond donors (Lipinski definition) is 0. The Morgan fingerprint density at radius 1 is 1.17 bits per heavy atom. The Morgan fingerprint density at radius 2 is 1.86 bits per heavy atom. The Balaban J connectivity index is 1.69. The normalized spacial score (nSPS) is 16.6. The second-order valence-corrected chi connectivity index (χ2v) is 11.4. The number of benzene rings is 1. The van der Waals surface area contributed by atoms with Crippen molar-refractivity contribution in [2.75, 3.05) is 20.1 Å². The lowest BCUT2D eigenvalue weighted by atomic mass is 10.1. The molecule has 1 aromatic carbocycles. The zero-order valence-electron chi connectivity index (χ0n) is 16.4. The van der Waals surface area contributed by atoms with Crippen LogP contribution >= 0.6 is 34.5 Å². The number of halogens is 2. The molecule has 2 heterocycles. The van der Waals surface area contributed by atoms with Crippen LogP contribution < -0.4 is 0 Å². The number of thiophene rings is 1. The van der Waals surface area contributed by atoms with Crippen molar-refractivity contribution in [3.8, 4) is 0 Å². The van der Waals surface area contributed by atoms with Gasteiger partial charge in [0.1, 0.15) is 4.21 Å². The molecule has 29 heavy (non-hydrogen) atoms. The predicted molar refractivity (Wildman–Crippen MR) is 118 cm³/mol. The SMILES string of the molecule is CC(c1ccc(Cl)cc1Cl)N(C)C(=O)Cc1ccc(S(=O)(=O)N2CCCCC2)s1. The van der Waals surface area contributed by atoms with Crippen molar-refractivity contribution in [1.29, 1.82) is 0 Å². The van der Waals surface area contributed by atoms with Gasteiger partial charge in [0.05, 0.1) is 12.5 Å². The molecule has 0 aliphatic carbocycles. The predicted octanol–water partition coefficient (Wildman–Crippen LogP) is 4.99. The van der Waals surface area contributed by atoms with Crippen LogP contribution in [0.15, 0.2) is 34.5 Å². The fourth-order valence-corrected chi connectivity index (χ4v) is 6.95. The molecule has 5 nitrogen and oxygen atoms in total. The summed E-state index contributed by atoms with van der Waals surface area (Å²) < 4.78 is 27.4. The van der Waals surface area contributed by atoms with Gasteiger partial charge in [-0.15, -0.1) is 11.3 Å². The molecule has 0 N–H and O–H groups in total. The van der Waals surface area contributed by atoms with E-state index in [1.54, 1.807) is 40.5 Å². The monoisotopic (exact) mass is 474 g/mol. The highest BCUT2D eigenvalue weighted by molar-refractivity contribution is 7.91. The van der Waals surface area contributed by atoms with Gasteiger partial charge in [-0.2, -0.15) is 4.31 Å². The number of likely N-dealkylation sites (N-methyl/N-ethyl adjacent to an activating group) is 1. The minimum Gasteiger partial charge on any atom is -0.339 e. The maximum atomic E-state index is 12.8. The summed E-state index contributed by atoms with van der Waals surface area (Å²) in [6, 6.07) is 8.32. The van der Waals surface area contributed by atoms with Crippen LogP contribution in [0.1, 0.15) is 42.7 Å². The molecule has 1 aliphatic heterocycles. The van der Waals surface area contributed by atoms with Crippen LogP contribution in [0.5, 0.6) is 0 Å². The Labute approximate surface area is 186 Å². The minimum atomic E-state index is -3.47. The third-order valence-electron chi connectivity index (χ3n) is 5.26. The number of carbonyl (C=O) groups is 1. The second-order valence-electron chi connectivity index (χ2n) is 7.21. The van der Waals surface area contributed by atoms with Gasteiger partial charge in [-0.25, -0.2) is 8.42 Å². The summed E-state index contributed by atoms with van der Waals surface area (Å²) in [6.45, 7) is 3.03. The van der Waals surface area contributed by atoms with E-state index in [1.807, 2.05) is 13.0 Å². The van der Waals surface area contributed by atoms with Crippen LogP contribution in [-0.4, -0.2) is 43.7 Å². The summed E-state index contributed by atoms with van der Waals surface area (Å²) in [5, 5.41) is 1.05. The lowest BCUT2D eigenvalue weighted by Crippen LogP contribution is -2.35. The molecule has 1 atom stereocenters. The van der Waals surface area contributed by atoms with Gasteiger partial charge < -0.3 is 4.90 Å². The average Bonchev–Trinajstić information content (AvgIpc) is 3.17. The van der Waals surface area contributed by atoms with E-state index in [9.17, 15) is 13.2 Å². The number of rotatable bonds is 6. The summed E-state index contributed by atoms with van der Waals surface area (Å²) in [6.07, 6.45) is 3.00. The summed E-state index contributed by atoms with van der Waals surface area (Å²) >= 11 is 13.4. The first-order chi connectivity index (χ1) is 13.7. The van der Waals surface area contributed by atoms with Gasteiger partial charge in [0.15, 0.2) is 0 Å². The van der Waals surface area contributed by atoms with Crippen molar-refractivity contribution < 1.29 is 13.2 Å². The Hall–Kier alpha value is -1.12. The number of piperidine rings is 1. The van der Waals surface area contributed by atoms with Gasteiger partial charge in [-0.05, 0) is 49.6 Å². The molecule has 158 valence electrons.